The van der Waals surface area contributed by atoms with Gasteiger partial charge in [-0.2, -0.15) is 0 Å². The van der Waals surface area contributed by atoms with Crippen molar-refractivity contribution in [2.75, 3.05) is 13.7 Å². The Morgan fingerprint density at radius 1 is 1.67 bits per heavy atom. The summed E-state index contributed by atoms with van der Waals surface area (Å²) in [6.07, 6.45) is 4.74. The number of nitrogens with two attached hydrogens (primary N) is 1. The smallest absolute Gasteiger partial charge is 0.237 e. The van der Waals surface area contributed by atoms with Gasteiger partial charge in [-0.25, -0.2) is 0 Å². The normalized spacial score (nSPS) is 31.5. The van der Waals surface area contributed by atoms with Gasteiger partial charge in [0.05, 0.1) is 6.10 Å². The van der Waals surface area contributed by atoms with Crippen molar-refractivity contribution in [2.45, 2.75) is 50.7 Å². The van der Waals surface area contributed by atoms with E-state index in [1.165, 1.54) is 0 Å². The van der Waals surface area contributed by atoms with Crippen LogP contribution in [0.5, 0.6) is 0 Å². The van der Waals surface area contributed by atoms with E-state index < -0.39 is 5.54 Å². The minimum atomic E-state index is -0.533. The molecule has 0 aromatic carbocycles. The van der Waals surface area contributed by atoms with Crippen molar-refractivity contribution in [1.82, 2.24) is 5.32 Å². The predicted octanol–water partition coefficient (Wildman–Crippen LogP) is 0.799. The summed E-state index contributed by atoms with van der Waals surface area (Å²) < 4.78 is 5.33. The summed E-state index contributed by atoms with van der Waals surface area (Å²) in [4.78, 5) is 11.5. The Hall–Kier alpha value is -0.610. The number of hydrogen-bond donors (Lipinski definition) is 2. The molecule has 4 nitrogen and oxygen atoms in total. The molecule has 4 heteroatoms. The number of methoxy groups -OCH3 is 1. The Balaban J connectivity index is 2.66. The summed E-state index contributed by atoms with van der Waals surface area (Å²) in [5, 5.41) is 3.29. The molecule has 0 radical (unpaired) electrons. The first-order valence-corrected chi connectivity index (χ1v) is 5.72. The van der Waals surface area contributed by atoms with Crippen LogP contribution in [0.15, 0.2) is 0 Å². The molecule has 0 bridgehead atoms. The zero-order valence-electron chi connectivity index (χ0n) is 9.71. The number of hydrogen-bond acceptors (Lipinski definition) is 3. The highest BCUT2D eigenvalue weighted by Crippen LogP contribution is 2.29. The molecular weight excluding hydrogens is 192 g/mol. The molecule has 2 atom stereocenters. The maximum Gasteiger partial charge on any atom is 0.237 e. The number of carbonyl (C=O) groups excluding carboxylic acids is 1. The third-order valence-corrected chi connectivity index (χ3v) is 3.22. The first kappa shape index (κ1) is 12.5. The van der Waals surface area contributed by atoms with Crippen LogP contribution in [0.4, 0.5) is 0 Å². The highest BCUT2D eigenvalue weighted by atomic mass is 16.5. The largest absolute Gasteiger partial charge is 0.381 e. The van der Waals surface area contributed by atoms with Gasteiger partial charge >= 0.3 is 0 Å². The Bertz CT molecular complexity index is 221. The fourth-order valence-corrected chi connectivity index (χ4v) is 2.26. The van der Waals surface area contributed by atoms with Crippen LogP contribution in [-0.4, -0.2) is 31.2 Å². The fraction of sp³-hybridized carbons (Fsp3) is 0.909. The van der Waals surface area contributed by atoms with E-state index in [9.17, 15) is 4.79 Å². The molecular formula is C11H22N2O2. The predicted molar refractivity (Wildman–Crippen MR) is 59.5 cm³/mol. The van der Waals surface area contributed by atoms with Gasteiger partial charge in [-0.15, -0.1) is 0 Å². The van der Waals surface area contributed by atoms with E-state index in [4.69, 9.17) is 10.5 Å². The lowest BCUT2D eigenvalue weighted by molar-refractivity contribution is -0.128. The second-order valence-corrected chi connectivity index (χ2v) is 4.33. The monoisotopic (exact) mass is 214 g/mol. The van der Waals surface area contributed by atoms with Crippen molar-refractivity contribution < 1.29 is 9.53 Å². The summed E-state index contributed by atoms with van der Waals surface area (Å²) in [5.74, 6) is -0.238. The molecule has 1 rings (SSSR count). The average Bonchev–Trinajstić information content (AvgIpc) is 2.26. The van der Waals surface area contributed by atoms with Crippen molar-refractivity contribution in [3.8, 4) is 0 Å². The Morgan fingerprint density at radius 2 is 2.40 bits per heavy atom. The molecule has 3 N–H and O–H groups in total. The Labute approximate surface area is 91.5 Å². The van der Waals surface area contributed by atoms with Crippen molar-refractivity contribution in [3.05, 3.63) is 0 Å². The van der Waals surface area contributed by atoms with Crippen LogP contribution in [0.25, 0.3) is 0 Å². The zero-order chi connectivity index (χ0) is 11.3. The van der Waals surface area contributed by atoms with Gasteiger partial charge in [0.15, 0.2) is 0 Å². The second kappa shape index (κ2) is 5.47. The highest BCUT2D eigenvalue weighted by molar-refractivity contribution is 5.84. The summed E-state index contributed by atoms with van der Waals surface area (Å²) in [6, 6.07) is 0. The molecule has 0 aromatic rings. The molecule has 1 saturated carbocycles. The zero-order valence-corrected chi connectivity index (χ0v) is 9.71. The summed E-state index contributed by atoms with van der Waals surface area (Å²) in [7, 11) is 1.70. The van der Waals surface area contributed by atoms with Crippen LogP contribution in [0.1, 0.15) is 39.0 Å². The number of carbonyl (C=O) groups is 1. The molecule has 1 aliphatic rings. The van der Waals surface area contributed by atoms with E-state index in [1.807, 2.05) is 0 Å². The van der Waals surface area contributed by atoms with Crippen LogP contribution in [0, 0.1) is 0 Å². The van der Waals surface area contributed by atoms with Crippen molar-refractivity contribution in [2.24, 2.45) is 5.73 Å². The SMILES string of the molecule is CCCNC1(C(N)=O)CCCC(OC)C1. The summed E-state index contributed by atoms with van der Waals surface area (Å²) in [6.45, 7) is 2.91. The van der Waals surface area contributed by atoms with Crippen LogP contribution < -0.4 is 11.1 Å². The van der Waals surface area contributed by atoms with Crippen LogP contribution in [0.2, 0.25) is 0 Å². The minimum absolute atomic E-state index is 0.163. The van der Waals surface area contributed by atoms with Crippen LogP contribution in [-0.2, 0) is 9.53 Å². The molecule has 0 aliphatic heterocycles. The van der Waals surface area contributed by atoms with Crippen LogP contribution >= 0.6 is 0 Å². The van der Waals surface area contributed by atoms with Gasteiger partial charge in [-0.1, -0.05) is 6.92 Å². The van der Waals surface area contributed by atoms with Gasteiger partial charge in [0.2, 0.25) is 5.91 Å². The topological polar surface area (TPSA) is 64.3 Å². The highest BCUT2D eigenvalue weighted by Gasteiger charge is 2.40. The lowest BCUT2D eigenvalue weighted by Gasteiger charge is -2.38. The lowest BCUT2D eigenvalue weighted by Crippen LogP contribution is -2.59. The van der Waals surface area contributed by atoms with Gasteiger partial charge in [0.1, 0.15) is 5.54 Å². The summed E-state index contributed by atoms with van der Waals surface area (Å²) in [5.41, 5.74) is 4.97. The second-order valence-electron chi connectivity index (χ2n) is 4.33. The number of rotatable bonds is 5. The first-order chi connectivity index (χ1) is 7.14. The molecule has 0 spiro atoms. The molecule has 0 heterocycles. The molecule has 15 heavy (non-hydrogen) atoms. The average molecular weight is 214 g/mol. The fourth-order valence-electron chi connectivity index (χ4n) is 2.26. The number of amides is 1. The van der Waals surface area contributed by atoms with Crippen molar-refractivity contribution in [3.63, 3.8) is 0 Å². The Morgan fingerprint density at radius 3 is 2.93 bits per heavy atom. The van der Waals surface area contributed by atoms with Gasteiger partial charge in [-0.05, 0) is 32.2 Å². The van der Waals surface area contributed by atoms with Gasteiger partial charge in [0, 0.05) is 13.5 Å². The van der Waals surface area contributed by atoms with Gasteiger partial charge in [0.25, 0.3) is 0 Å². The first-order valence-electron chi connectivity index (χ1n) is 5.72. The van der Waals surface area contributed by atoms with E-state index >= 15 is 0 Å². The molecule has 88 valence electrons. The Kier molecular flexibility index (Phi) is 4.54. The molecule has 1 aliphatic carbocycles. The molecule has 1 amide bonds. The third kappa shape index (κ3) is 2.92. The number of primary amides is 1. The number of ether oxygens (including phenoxy) is 1. The van der Waals surface area contributed by atoms with E-state index in [-0.39, 0.29) is 12.0 Å². The number of nitrogens with one attached hydrogen (secondary N) is 1. The standard InChI is InChI=1S/C11H22N2O2/c1-3-7-13-11(10(12)14)6-4-5-9(8-11)15-2/h9,13H,3-8H2,1-2H3,(H2,12,14). The molecule has 2 unspecified atom stereocenters. The quantitative estimate of drug-likeness (QED) is 0.711. The van der Waals surface area contributed by atoms with Crippen LogP contribution in [0.3, 0.4) is 0 Å². The van der Waals surface area contributed by atoms with E-state index in [2.05, 4.69) is 12.2 Å². The maximum absolute atomic E-state index is 11.5. The molecule has 0 aromatic heterocycles. The van der Waals surface area contributed by atoms with E-state index in [1.54, 1.807) is 7.11 Å². The minimum Gasteiger partial charge on any atom is -0.381 e. The van der Waals surface area contributed by atoms with Gasteiger partial charge in [-0.3, -0.25) is 4.79 Å². The van der Waals surface area contributed by atoms with E-state index in [0.717, 1.165) is 32.2 Å². The maximum atomic E-state index is 11.5. The molecule has 0 saturated heterocycles. The van der Waals surface area contributed by atoms with Gasteiger partial charge < -0.3 is 15.8 Å². The van der Waals surface area contributed by atoms with Crippen molar-refractivity contribution >= 4 is 5.91 Å². The third-order valence-electron chi connectivity index (χ3n) is 3.22. The summed E-state index contributed by atoms with van der Waals surface area (Å²) >= 11 is 0. The van der Waals surface area contributed by atoms with E-state index in [0.29, 0.717) is 6.42 Å². The van der Waals surface area contributed by atoms with Crippen molar-refractivity contribution in [1.29, 1.82) is 0 Å². The molecule has 1 fully saturated rings. The lowest BCUT2D eigenvalue weighted by atomic mass is 9.79.